The number of carbonyl (C=O) groups is 1. The van der Waals surface area contributed by atoms with Gasteiger partial charge >= 0.3 is 0 Å². The van der Waals surface area contributed by atoms with Crippen LogP contribution < -0.4 is 10.1 Å². The quantitative estimate of drug-likeness (QED) is 0.515. The van der Waals surface area contributed by atoms with Gasteiger partial charge in [-0.3, -0.25) is 4.79 Å². The number of benzene rings is 2. The van der Waals surface area contributed by atoms with E-state index in [1.54, 1.807) is 18.2 Å². The van der Waals surface area contributed by atoms with Crippen molar-refractivity contribution in [2.45, 2.75) is 0 Å². The van der Waals surface area contributed by atoms with Crippen molar-refractivity contribution in [2.24, 2.45) is 0 Å². The number of nitrogens with zero attached hydrogens (tertiary/aromatic N) is 1. The van der Waals surface area contributed by atoms with Crippen molar-refractivity contribution in [1.82, 2.24) is 0 Å². The molecule has 0 bridgehead atoms. The van der Waals surface area contributed by atoms with Gasteiger partial charge in [-0.25, -0.2) is 0 Å². The third-order valence-corrected chi connectivity index (χ3v) is 4.48. The van der Waals surface area contributed by atoms with Gasteiger partial charge in [0.2, 0.25) is 0 Å². The van der Waals surface area contributed by atoms with Gasteiger partial charge in [0.05, 0.1) is 22.8 Å². The van der Waals surface area contributed by atoms with Gasteiger partial charge in [0.1, 0.15) is 11.6 Å². The van der Waals surface area contributed by atoms with E-state index in [0.29, 0.717) is 10.0 Å². The smallest absolute Gasteiger partial charge is 0.266 e. The average molecular weight is 442 g/mol. The summed E-state index contributed by atoms with van der Waals surface area (Å²) in [5, 5.41) is 22.2. The topological polar surface area (TPSA) is 82.3 Å². The van der Waals surface area contributed by atoms with Crippen LogP contribution in [0.2, 0.25) is 10.0 Å². The fourth-order valence-corrected chi connectivity index (χ4v) is 2.86. The zero-order valence-corrected chi connectivity index (χ0v) is 15.9. The summed E-state index contributed by atoms with van der Waals surface area (Å²) in [5.41, 5.74) is 0.449. The second-order valence-corrected chi connectivity index (χ2v) is 6.43. The van der Waals surface area contributed by atoms with E-state index in [1.165, 1.54) is 25.3 Å². The number of phenols is 1. The maximum atomic E-state index is 12.4. The lowest BCUT2D eigenvalue weighted by Gasteiger charge is -2.09. The van der Waals surface area contributed by atoms with Gasteiger partial charge in [-0.05, 0) is 35.9 Å². The number of ether oxygens (including phenoxy) is 1. The maximum absolute atomic E-state index is 12.4. The predicted molar refractivity (Wildman–Crippen MR) is 101 cm³/mol. The summed E-state index contributed by atoms with van der Waals surface area (Å²) >= 11 is 15.3. The Kier molecular flexibility index (Phi) is 6.32. The Morgan fingerprint density at radius 3 is 2.56 bits per heavy atom. The van der Waals surface area contributed by atoms with Crippen molar-refractivity contribution >= 4 is 56.8 Å². The lowest BCUT2D eigenvalue weighted by Crippen LogP contribution is -2.14. The van der Waals surface area contributed by atoms with Gasteiger partial charge in [0, 0.05) is 4.47 Å². The number of hydrogen-bond acceptors (Lipinski definition) is 4. The molecular weight excluding hydrogens is 431 g/mol. The monoisotopic (exact) mass is 440 g/mol. The molecule has 0 saturated heterocycles. The molecule has 0 fully saturated rings. The minimum Gasteiger partial charge on any atom is -0.504 e. The molecule has 2 aromatic rings. The summed E-state index contributed by atoms with van der Waals surface area (Å²) in [6.07, 6.45) is 1.32. The highest BCUT2D eigenvalue weighted by atomic mass is 79.9. The van der Waals surface area contributed by atoms with Gasteiger partial charge in [-0.1, -0.05) is 45.2 Å². The van der Waals surface area contributed by atoms with Crippen LogP contribution >= 0.6 is 39.1 Å². The van der Waals surface area contributed by atoms with Crippen LogP contribution in [0.4, 0.5) is 5.69 Å². The van der Waals surface area contributed by atoms with E-state index in [1.807, 2.05) is 6.07 Å². The third-order valence-electron chi connectivity index (χ3n) is 3.16. The molecule has 0 aliphatic heterocycles. The van der Waals surface area contributed by atoms with Crippen molar-refractivity contribution < 1.29 is 14.6 Å². The molecule has 0 radical (unpaired) electrons. The molecule has 1 amide bonds. The predicted octanol–water partition coefficient (Wildman–Crippen LogP) is 5.02. The van der Waals surface area contributed by atoms with E-state index in [0.717, 1.165) is 0 Å². The van der Waals surface area contributed by atoms with Crippen LogP contribution in [0.1, 0.15) is 5.56 Å². The first-order valence-electron chi connectivity index (χ1n) is 6.81. The molecule has 5 nitrogen and oxygen atoms in total. The number of amides is 1. The second kappa shape index (κ2) is 8.26. The van der Waals surface area contributed by atoms with Gasteiger partial charge in [0.15, 0.2) is 11.5 Å². The number of halogens is 3. The van der Waals surface area contributed by atoms with E-state index in [4.69, 9.17) is 27.9 Å². The highest BCUT2D eigenvalue weighted by Crippen LogP contribution is 2.34. The number of phenolic OH excluding ortho intramolecular Hbond substituents is 1. The number of nitrogens with one attached hydrogen (secondary N) is 1. The SMILES string of the molecule is COc1cc(Br)c(/C=C(\C#N)C(=O)Nc2c(Cl)cccc2Cl)cc1O. The number of anilines is 1. The number of para-hydroxylation sites is 1. The molecule has 25 heavy (non-hydrogen) atoms. The van der Waals surface area contributed by atoms with Crippen LogP contribution in [0.15, 0.2) is 40.4 Å². The molecule has 0 aliphatic rings. The first-order chi connectivity index (χ1) is 11.9. The second-order valence-electron chi connectivity index (χ2n) is 4.77. The minimum atomic E-state index is -0.681. The molecule has 0 unspecified atom stereocenters. The van der Waals surface area contributed by atoms with Crippen molar-refractivity contribution in [3.8, 4) is 17.6 Å². The first kappa shape index (κ1) is 19.1. The standard InChI is InChI=1S/C17H11BrCl2N2O3/c1-25-15-7-11(18)9(6-14(15)23)5-10(8-21)17(24)22-16-12(19)3-2-4-13(16)20/h2-7,23H,1H3,(H,22,24)/b10-5+. The maximum Gasteiger partial charge on any atom is 0.266 e. The fourth-order valence-electron chi connectivity index (χ4n) is 1.94. The van der Waals surface area contributed by atoms with Crippen LogP contribution in [0, 0.1) is 11.3 Å². The van der Waals surface area contributed by atoms with Crippen LogP contribution in [0.5, 0.6) is 11.5 Å². The Balaban J connectivity index is 2.37. The van der Waals surface area contributed by atoms with Crippen LogP contribution in [0.3, 0.4) is 0 Å². The molecule has 0 aliphatic carbocycles. The van der Waals surface area contributed by atoms with Crippen molar-refractivity contribution in [3.05, 3.63) is 56.0 Å². The van der Waals surface area contributed by atoms with Crippen molar-refractivity contribution in [3.63, 3.8) is 0 Å². The molecule has 8 heteroatoms. The van der Waals surface area contributed by atoms with E-state index >= 15 is 0 Å². The van der Waals surface area contributed by atoms with E-state index in [9.17, 15) is 15.2 Å². The molecule has 2 aromatic carbocycles. The number of methoxy groups -OCH3 is 1. The zero-order chi connectivity index (χ0) is 18.6. The van der Waals surface area contributed by atoms with Gasteiger partial charge < -0.3 is 15.2 Å². The normalized spacial score (nSPS) is 10.9. The number of rotatable bonds is 4. The summed E-state index contributed by atoms with van der Waals surface area (Å²) in [5.74, 6) is -0.543. The van der Waals surface area contributed by atoms with E-state index in [2.05, 4.69) is 21.2 Å². The number of aromatic hydroxyl groups is 1. The van der Waals surface area contributed by atoms with Gasteiger partial charge in [0.25, 0.3) is 5.91 Å². The van der Waals surface area contributed by atoms with Crippen molar-refractivity contribution in [1.29, 1.82) is 5.26 Å². The fraction of sp³-hybridized carbons (Fsp3) is 0.0588. The summed E-state index contributed by atoms with van der Waals surface area (Å²) in [7, 11) is 1.42. The van der Waals surface area contributed by atoms with Crippen LogP contribution in [-0.2, 0) is 4.79 Å². The Hall–Kier alpha value is -2.20. The number of nitriles is 1. The molecule has 0 aromatic heterocycles. The van der Waals surface area contributed by atoms with Gasteiger partial charge in [-0.2, -0.15) is 5.26 Å². The summed E-state index contributed by atoms with van der Waals surface area (Å²) in [6, 6.07) is 9.48. The minimum absolute atomic E-state index is 0.121. The molecular formula is C17H11BrCl2N2O3. The Labute approximate surface area is 162 Å². The lowest BCUT2D eigenvalue weighted by molar-refractivity contribution is -0.112. The lowest BCUT2D eigenvalue weighted by atomic mass is 10.1. The van der Waals surface area contributed by atoms with E-state index < -0.39 is 5.91 Å². The molecule has 0 saturated carbocycles. The largest absolute Gasteiger partial charge is 0.504 e. The Bertz CT molecular complexity index is 887. The number of hydrogen-bond donors (Lipinski definition) is 2. The molecule has 2 N–H and O–H groups in total. The highest BCUT2D eigenvalue weighted by Gasteiger charge is 2.15. The summed E-state index contributed by atoms with van der Waals surface area (Å²) in [4.78, 5) is 12.4. The molecule has 0 atom stereocenters. The number of carbonyl (C=O) groups excluding carboxylic acids is 1. The van der Waals surface area contributed by atoms with E-state index in [-0.39, 0.29) is 32.8 Å². The Morgan fingerprint density at radius 2 is 2.00 bits per heavy atom. The summed E-state index contributed by atoms with van der Waals surface area (Å²) < 4.78 is 5.53. The highest BCUT2D eigenvalue weighted by molar-refractivity contribution is 9.10. The Morgan fingerprint density at radius 1 is 1.36 bits per heavy atom. The third kappa shape index (κ3) is 4.45. The first-order valence-corrected chi connectivity index (χ1v) is 8.36. The molecule has 128 valence electrons. The zero-order valence-electron chi connectivity index (χ0n) is 12.8. The van der Waals surface area contributed by atoms with Crippen LogP contribution in [-0.4, -0.2) is 18.1 Å². The van der Waals surface area contributed by atoms with Crippen LogP contribution in [0.25, 0.3) is 6.08 Å². The molecule has 2 rings (SSSR count). The summed E-state index contributed by atoms with van der Waals surface area (Å²) in [6.45, 7) is 0. The van der Waals surface area contributed by atoms with Crippen molar-refractivity contribution in [2.75, 3.05) is 12.4 Å². The molecule has 0 spiro atoms. The average Bonchev–Trinajstić information content (AvgIpc) is 2.58. The molecule has 0 heterocycles. The van der Waals surface area contributed by atoms with Gasteiger partial charge in [-0.15, -0.1) is 0 Å².